The van der Waals surface area contributed by atoms with Crippen molar-refractivity contribution in [2.45, 2.75) is 69.2 Å². The van der Waals surface area contributed by atoms with E-state index in [1.165, 1.54) is 44.9 Å². The summed E-state index contributed by atoms with van der Waals surface area (Å²) in [4.78, 5) is 12.9. The Morgan fingerprint density at radius 3 is 2.67 bits per heavy atom. The molecule has 1 atom stereocenters. The van der Waals surface area contributed by atoms with Gasteiger partial charge in [-0.2, -0.15) is 0 Å². The number of aliphatic carboxylic acids is 1. The first-order valence-electron chi connectivity index (χ1n) is 8.25. The third kappa shape index (κ3) is 3.58. The largest absolute Gasteiger partial charge is 0.480 e. The van der Waals surface area contributed by atoms with Gasteiger partial charge in [0.05, 0.1) is 17.3 Å². The van der Waals surface area contributed by atoms with Crippen LogP contribution < -0.4 is 0 Å². The van der Waals surface area contributed by atoms with Gasteiger partial charge in [-0.3, -0.25) is 4.90 Å². The lowest BCUT2D eigenvalue weighted by atomic mass is 9.83. The molecule has 0 amide bonds. The molecule has 21 heavy (non-hydrogen) atoms. The lowest BCUT2D eigenvalue weighted by molar-refractivity contribution is -0.169. The fourth-order valence-electron chi connectivity index (χ4n) is 4.23. The molecule has 1 N–H and O–H groups in total. The molecule has 1 spiro atoms. The number of carbonyl (C=O) groups is 1. The van der Waals surface area contributed by atoms with Crippen LogP contribution >= 0.6 is 0 Å². The molecule has 0 aromatic heterocycles. The second kappa shape index (κ2) is 5.86. The minimum atomic E-state index is -0.895. The Hall–Kier alpha value is -0.650. The van der Waals surface area contributed by atoms with E-state index < -0.39 is 5.97 Å². The lowest BCUT2D eigenvalue weighted by Gasteiger charge is -2.48. The molecule has 2 heterocycles. The van der Waals surface area contributed by atoms with E-state index >= 15 is 0 Å². The van der Waals surface area contributed by atoms with Crippen LogP contribution in [0.3, 0.4) is 0 Å². The third-order valence-corrected chi connectivity index (χ3v) is 5.23. The maximum Gasteiger partial charge on any atom is 0.329 e. The van der Waals surface area contributed by atoms with Gasteiger partial charge in [-0.05, 0) is 32.6 Å². The maximum absolute atomic E-state index is 10.6. The molecular weight excluding hydrogens is 270 g/mol. The van der Waals surface area contributed by atoms with Crippen molar-refractivity contribution < 1.29 is 19.4 Å². The highest BCUT2D eigenvalue weighted by molar-refractivity contribution is 5.68. The van der Waals surface area contributed by atoms with Crippen LogP contribution in [0.15, 0.2) is 0 Å². The van der Waals surface area contributed by atoms with Crippen LogP contribution in [0.2, 0.25) is 0 Å². The summed E-state index contributed by atoms with van der Waals surface area (Å²) >= 11 is 0. The van der Waals surface area contributed by atoms with Crippen LogP contribution in [0.5, 0.6) is 0 Å². The Kier molecular flexibility index (Phi) is 4.26. The molecule has 3 fully saturated rings. The number of rotatable bonds is 5. The van der Waals surface area contributed by atoms with Gasteiger partial charge in [0.15, 0.2) is 0 Å². The van der Waals surface area contributed by atoms with Crippen molar-refractivity contribution in [3.8, 4) is 0 Å². The normalized spacial score (nSPS) is 31.2. The molecule has 3 rings (SSSR count). The zero-order chi connectivity index (χ0) is 14.9. The molecule has 0 aromatic rings. The van der Waals surface area contributed by atoms with Gasteiger partial charge in [0.1, 0.15) is 6.61 Å². The first-order valence-corrected chi connectivity index (χ1v) is 8.25. The molecule has 5 nitrogen and oxygen atoms in total. The monoisotopic (exact) mass is 297 g/mol. The average molecular weight is 297 g/mol. The highest BCUT2D eigenvalue weighted by Gasteiger charge is 2.45. The van der Waals surface area contributed by atoms with Gasteiger partial charge in [-0.15, -0.1) is 0 Å². The summed E-state index contributed by atoms with van der Waals surface area (Å²) in [5.41, 5.74) is -0.101. The van der Waals surface area contributed by atoms with E-state index in [1.54, 1.807) is 0 Å². The highest BCUT2D eigenvalue weighted by Crippen LogP contribution is 2.42. The molecule has 3 aliphatic rings. The van der Waals surface area contributed by atoms with Gasteiger partial charge < -0.3 is 14.6 Å². The fraction of sp³-hybridized carbons (Fsp3) is 0.938. The third-order valence-electron chi connectivity index (χ3n) is 5.23. The number of likely N-dealkylation sites (tertiary alicyclic amines) is 1. The number of nitrogens with zero attached hydrogens (tertiary/aromatic N) is 1. The van der Waals surface area contributed by atoms with Crippen molar-refractivity contribution in [1.82, 2.24) is 4.90 Å². The summed E-state index contributed by atoms with van der Waals surface area (Å²) in [6.45, 7) is 4.38. The van der Waals surface area contributed by atoms with Crippen LogP contribution in [0.25, 0.3) is 0 Å². The summed E-state index contributed by atoms with van der Waals surface area (Å²) < 4.78 is 11.8. The Balaban J connectivity index is 1.40. The SMILES string of the molecule is CC1(OCC(=O)O)CN(CC2CCC3(CCCCC3)O2)C1. The van der Waals surface area contributed by atoms with E-state index in [0.29, 0.717) is 6.10 Å². The summed E-state index contributed by atoms with van der Waals surface area (Å²) in [5.74, 6) is -0.895. The number of ether oxygens (including phenoxy) is 2. The first-order chi connectivity index (χ1) is 9.99. The van der Waals surface area contributed by atoms with Crippen molar-refractivity contribution in [2.75, 3.05) is 26.2 Å². The molecule has 120 valence electrons. The van der Waals surface area contributed by atoms with E-state index in [1.807, 2.05) is 6.92 Å². The topological polar surface area (TPSA) is 59.0 Å². The smallest absolute Gasteiger partial charge is 0.329 e. The minimum Gasteiger partial charge on any atom is -0.480 e. The fourth-order valence-corrected chi connectivity index (χ4v) is 4.23. The second-order valence-electron chi connectivity index (χ2n) is 7.32. The standard InChI is InChI=1S/C16H27NO4/c1-15(20-10-14(18)19)11-17(12-15)9-13-5-8-16(21-13)6-3-2-4-7-16/h13H,2-12H2,1H3,(H,18,19). The molecular formula is C16H27NO4. The molecule has 0 bridgehead atoms. The molecule has 1 unspecified atom stereocenters. The zero-order valence-corrected chi connectivity index (χ0v) is 13.0. The summed E-state index contributed by atoms with van der Waals surface area (Å²) in [5, 5.41) is 8.67. The minimum absolute atomic E-state index is 0.191. The molecule has 1 saturated carbocycles. The van der Waals surface area contributed by atoms with E-state index in [4.69, 9.17) is 14.6 Å². The van der Waals surface area contributed by atoms with E-state index in [0.717, 1.165) is 19.6 Å². The quantitative estimate of drug-likeness (QED) is 0.841. The highest BCUT2D eigenvalue weighted by atomic mass is 16.5. The average Bonchev–Trinajstić information content (AvgIpc) is 2.78. The van der Waals surface area contributed by atoms with Crippen molar-refractivity contribution >= 4 is 5.97 Å². The van der Waals surface area contributed by atoms with Gasteiger partial charge in [0, 0.05) is 19.6 Å². The molecule has 5 heteroatoms. The van der Waals surface area contributed by atoms with E-state index in [2.05, 4.69) is 4.90 Å². The maximum atomic E-state index is 10.6. The Morgan fingerprint density at radius 2 is 2.00 bits per heavy atom. The Bertz CT molecular complexity index is 386. The Morgan fingerprint density at radius 1 is 1.29 bits per heavy atom. The molecule has 0 radical (unpaired) electrons. The van der Waals surface area contributed by atoms with Gasteiger partial charge in [-0.25, -0.2) is 4.79 Å². The number of carboxylic acids is 1. The van der Waals surface area contributed by atoms with Crippen molar-refractivity contribution in [1.29, 1.82) is 0 Å². The first kappa shape index (κ1) is 15.3. The van der Waals surface area contributed by atoms with Crippen molar-refractivity contribution in [3.05, 3.63) is 0 Å². The molecule has 2 saturated heterocycles. The van der Waals surface area contributed by atoms with E-state index in [-0.39, 0.29) is 17.8 Å². The lowest BCUT2D eigenvalue weighted by Crippen LogP contribution is -2.63. The molecule has 0 aromatic carbocycles. The summed E-state index contributed by atoms with van der Waals surface area (Å²) in [7, 11) is 0. The molecule has 1 aliphatic carbocycles. The van der Waals surface area contributed by atoms with E-state index in [9.17, 15) is 4.79 Å². The zero-order valence-electron chi connectivity index (χ0n) is 13.0. The van der Waals surface area contributed by atoms with Crippen LogP contribution in [0.1, 0.15) is 51.9 Å². The van der Waals surface area contributed by atoms with Crippen LogP contribution in [-0.4, -0.2) is 59.5 Å². The van der Waals surface area contributed by atoms with Gasteiger partial charge in [0.2, 0.25) is 0 Å². The summed E-state index contributed by atoms with van der Waals surface area (Å²) in [6.07, 6.45) is 9.22. The number of carboxylic acid groups (broad SMARTS) is 1. The number of hydrogen-bond acceptors (Lipinski definition) is 4. The van der Waals surface area contributed by atoms with Gasteiger partial charge >= 0.3 is 5.97 Å². The Labute approximate surface area is 126 Å². The van der Waals surface area contributed by atoms with Crippen molar-refractivity contribution in [3.63, 3.8) is 0 Å². The van der Waals surface area contributed by atoms with Gasteiger partial charge in [0.25, 0.3) is 0 Å². The summed E-state index contributed by atoms with van der Waals surface area (Å²) in [6, 6.07) is 0. The van der Waals surface area contributed by atoms with Crippen LogP contribution in [0.4, 0.5) is 0 Å². The second-order valence-corrected chi connectivity index (χ2v) is 7.32. The number of hydrogen-bond donors (Lipinski definition) is 1. The van der Waals surface area contributed by atoms with Gasteiger partial charge in [-0.1, -0.05) is 19.3 Å². The predicted octanol–water partition coefficient (Wildman–Crippen LogP) is 2.04. The van der Waals surface area contributed by atoms with Crippen LogP contribution in [0, 0.1) is 0 Å². The van der Waals surface area contributed by atoms with Crippen LogP contribution in [-0.2, 0) is 14.3 Å². The molecule has 2 aliphatic heterocycles. The van der Waals surface area contributed by atoms with Crippen molar-refractivity contribution in [2.24, 2.45) is 0 Å². The predicted molar refractivity (Wildman–Crippen MR) is 78.4 cm³/mol.